The number of nitrogens with one attached hydrogen (secondary N) is 1. The van der Waals surface area contributed by atoms with Gasteiger partial charge in [0.05, 0.1) is 3.79 Å². The molecule has 0 radical (unpaired) electrons. The quantitative estimate of drug-likeness (QED) is 0.717. The van der Waals surface area contributed by atoms with Crippen LogP contribution in [0.15, 0.2) is 38.6 Å². The second-order valence-corrected chi connectivity index (χ2v) is 7.63. The molecule has 4 heteroatoms. The van der Waals surface area contributed by atoms with Crippen molar-refractivity contribution in [3.8, 4) is 0 Å². The van der Waals surface area contributed by atoms with Gasteiger partial charge in [0.2, 0.25) is 0 Å². The number of thiophene rings is 1. The maximum Gasteiger partial charge on any atom is 0.0701 e. The van der Waals surface area contributed by atoms with Crippen molar-refractivity contribution in [2.45, 2.75) is 19.9 Å². The van der Waals surface area contributed by atoms with Gasteiger partial charge < -0.3 is 5.32 Å². The van der Waals surface area contributed by atoms with Crippen molar-refractivity contribution < 1.29 is 0 Å². The maximum atomic E-state index is 3.60. The van der Waals surface area contributed by atoms with Crippen molar-refractivity contribution in [1.82, 2.24) is 5.32 Å². The Bertz CT molecular complexity index is 522. The van der Waals surface area contributed by atoms with Crippen molar-refractivity contribution >= 4 is 43.2 Å². The first-order valence-corrected chi connectivity index (χ1v) is 8.25. The van der Waals surface area contributed by atoms with Crippen molar-refractivity contribution in [2.24, 2.45) is 0 Å². The summed E-state index contributed by atoms with van der Waals surface area (Å²) in [5.74, 6) is 0. The molecule has 0 saturated heterocycles. The first-order valence-electron chi connectivity index (χ1n) is 5.85. The Labute approximate surface area is 129 Å². The summed E-state index contributed by atoms with van der Waals surface area (Å²) in [6.45, 7) is 4.03. The Morgan fingerprint density at radius 3 is 2.67 bits per heavy atom. The molecule has 96 valence electrons. The van der Waals surface area contributed by atoms with Crippen molar-refractivity contribution in [3.63, 3.8) is 0 Å². The fourth-order valence-electron chi connectivity index (χ4n) is 1.72. The molecule has 2 rings (SSSR count). The lowest BCUT2D eigenvalue weighted by atomic mass is 10.1. The Hall–Kier alpha value is -0.160. The van der Waals surface area contributed by atoms with Crippen LogP contribution < -0.4 is 5.32 Å². The van der Waals surface area contributed by atoms with Crippen molar-refractivity contribution in [3.05, 3.63) is 54.6 Å². The molecule has 1 aromatic heterocycles. The summed E-state index contributed by atoms with van der Waals surface area (Å²) in [6.07, 6.45) is 1.08. The molecule has 0 spiro atoms. The van der Waals surface area contributed by atoms with Gasteiger partial charge in [-0.1, -0.05) is 28.1 Å². The van der Waals surface area contributed by atoms with Gasteiger partial charge in [0.25, 0.3) is 0 Å². The molecule has 0 fully saturated rings. The number of benzene rings is 1. The third-order valence-electron chi connectivity index (χ3n) is 2.70. The topological polar surface area (TPSA) is 12.0 Å². The van der Waals surface area contributed by atoms with E-state index in [0.29, 0.717) is 0 Å². The first-order chi connectivity index (χ1) is 8.65. The van der Waals surface area contributed by atoms with E-state index in [1.165, 1.54) is 24.3 Å². The highest BCUT2D eigenvalue weighted by molar-refractivity contribution is 9.11. The average Bonchev–Trinajstić information content (AvgIpc) is 2.73. The predicted molar refractivity (Wildman–Crippen MR) is 86.3 cm³/mol. The Morgan fingerprint density at radius 2 is 2.00 bits per heavy atom. The molecule has 0 atom stereocenters. The lowest BCUT2D eigenvalue weighted by Gasteiger charge is -2.07. The Balaban J connectivity index is 1.78. The van der Waals surface area contributed by atoms with Crippen molar-refractivity contribution in [1.29, 1.82) is 0 Å². The highest BCUT2D eigenvalue weighted by Gasteiger charge is 2.00. The fourth-order valence-corrected chi connectivity index (χ4v) is 3.83. The first kappa shape index (κ1) is 14.3. The van der Waals surface area contributed by atoms with Gasteiger partial charge in [-0.25, -0.2) is 0 Å². The minimum atomic E-state index is 0.910. The number of hydrogen-bond acceptors (Lipinski definition) is 2. The van der Waals surface area contributed by atoms with Crippen LogP contribution in [0.2, 0.25) is 0 Å². The Morgan fingerprint density at radius 1 is 1.17 bits per heavy atom. The van der Waals surface area contributed by atoms with Gasteiger partial charge in [-0.15, -0.1) is 11.3 Å². The molecule has 2 aromatic rings. The molecule has 0 aliphatic heterocycles. The van der Waals surface area contributed by atoms with Crippen LogP contribution in [0.25, 0.3) is 0 Å². The highest BCUT2D eigenvalue weighted by atomic mass is 79.9. The van der Waals surface area contributed by atoms with Crippen LogP contribution in [0.4, 0.5) is 0 Å². The van der Waals surface area contributed by atoms with Crippen LogP contribution in [0.5, 0.6) is 0 Å². The van der Waals surface area contributed by atoms with Gasteiger partial charge in [-0.3, -0.25) is 0 Å². The van der Waals surface area contributed by atoms with Gasteiger partial charge in [-0.2, -0.15) is 0 Å². The summed E-state index contributed by atoms with van der Waals surface area (Å²) in [5, 5.41) is 3.48. The van der Waals surface area contributed by atoms with Gasteiger partial charge >= 0.3 is 0 Å². The smallest absolute Gasteiger partial charge is 0.0701 e. The SMILES string of the molecule is Cc1ccc(CNCCc2ccc(Br)s2)c(Br)c1. The fraction of sp³-hybridized carbons (Fsp3) is 0.286. The van der Waals surface area contributed by atoms with Gasteiger partial charge in [0, 0.05) is 22.4 Å². The molecular weight excluding hydrogens is 374 g/mol. The highest BCUT2D eigenvalue weighted by Crippen LogP contribution is 2.22. The van der Waals surface area contributed by atoms with E-state index < -0.39 is 0 Å². The van der Waals surface area contributed by atoms with E-state index in [1.54, 1.807) is 11.3 Å². The van der Waals surface area contributed by atoms with Gasteiger partial charge in [0.1, 0.15) is 0 Å². The molecule has 0 unspecified atom stereocenters. The van der Waals surface area contributed by atoms with E-state index in [0.717, 1.165) is 19.5 Å². The monoisotopic (exact) mass is 387 g/mol. The second-order valence-electron chi connectivity index (χ2n) is 4.23. The van der Waals surface area contributed by atoms with Crippen LogP contribution in [0.3, 0.4) is 0 Å². The number of rotatable bonds is 5. The molecule has 1 N–H and O–H groups in total. The second kappa shape index (κ2) is 6.85. The van der Waals surface area contributed by atoms with Crippen molar-refractivity contribution in [2.75, 3.05) is 6.54 Å². The van der Waals surface area contributed by atoms with E-state index in [2.05, 4.69) is 74.4 Å². The van der Waals surface area contributed by atoms with E-state index in [9.17, 15) is 0 Å². The molecule has 18 heavy (non-hydrogen) atoms. The zero-order chi connectivity index (χ0) is 13.0. The zero-order valence-corrected chi connectivity index (χ0v) is 14.2. The molecule has 0 saturated carbocycles. The number of aryl methyl sites for hydroxylation is 1. The van der Waals surface area contributed by atoms with Crippen LogP contribution >= 0.6 is 43.2 Å². The van der Waals surface area contributed by atoms with E-state index >= 15 is 0 Å². The molecule has 0 amide bonds. The summed E-state index contributed by atoms with van der Waals surface area (Å²) in [5.41, 5.74) is 2.60. The molecule has 1 heterocycles. The number of hydrogen-bond donors (Lipinski definition) is 1. The Kier molecular flexibility index (Phi) is 5.42. The minimum absolute atomic E-state index is 0.910. The summed E-state index contributed by atoms with van der Waals surface area (Å²) >= 11 is 8.90. The standard InChI is InChI=1S/C14H15Br2NS/c1-10-2-3-11(13(15)8-10)9-17-7-6-12-4-5-14(16)18-12/h2-5,8,17H,6-7,9H2,1H3. The largest absolute Gasteiger partial charge is 0.312 e. The third kappa shape index (κ3) is 4.19. The molecule has 1 nitrogen and oxygen atoms in total. The average molecular weight is 389 g/mol. The van der Waals surface area contributed by atoms with Crippen LogP contribution in [-0.4, -0.2) is 6.54 Å². The molecule has 0 aliphatic carbocycles. The van der Waals surface area contributed by atoms with Crippen LogP contribution in [0.1, 0.15) is 16.0 Å². The molecule has 1 aromatic carbocycles. The van der Waals surface area contributed by atoms with E-state index in [4.69, 9.17) is 0 Å². The summed E-state index contributed by atoms with van der Waals surface area (Å²) in [4.78, 5) is 1.41. The maximum absolute atomic E-state index is 3.60. The summed E-state index contributed by atoms with van der Waals surface area (Å²) < 4.78 is 2.40. The third-order valence-corrected chi connectivity index (χ3v) is 5.12. The normalized spacial score (nSPS) is 10.8. The summed E-state index contributed by atoms with van der Waals surface area (Å²) in [6, 6.07) is 10.8. The van der Waals surface area contributed by atoms with E-state index in [-0.39, 0.29) is 0 Å². The van der Waals surface area contributed by atoms with Crippen LogP contribution in [-0.2, 0) is 13.0 Å². The lowest BCUT2D eigenvalue weighted by molar-refractivity contribution is 0.689. The molecule has 0 aliphatic rings. The van der Waals surface area contributed by atoms with Gasteiger partial charge in [0.15, 0.2) is 0 Å². The van der Waals surface area contributed by atoms with E-state index in [1.807, 2.05) is 0 Å². The van der Waals surface area contributed by atoms with Gasteiger partial charge in [-0.05, 0) is 58.6 Å². The zero-order valence-electron chi connectivity index (χ0n) is 10.2. The molecular formula is C14H15Br2NS. The summed E-state index contributed by atoms with van der Waals surface area (Å²) in [7, 11) is 0. The predicted octanol–water partition coefficient (Wildman–Crippen LogP) is 4.91. The molecule has 0 bridgehead atoms. The minimum Gasteiger partial charge on any atom is -0.312 e. The van der Waals surface area contributed by atoms with Crippen LogP contribution in [0, 0.1) is 6.92 Å². The lowest BCUT2D eigenvalue weighted by Crippen LogP contribution is -2.16. The number of halogens is 2.